The Kier molecular flexibility index (Phi) is 3.61. The smallest absolute Gasteiger partial charge is 0.127 e. The average molecular weight is 224 g/mol. The fourth-order valence-corrected chi connectivity index (χ4v) is 1.41. The molecule has 2 aromatic rings. The summed E-state index contributed by atoms with van der Waals surface area (Å²) in [5.41, 5.74) is 0.909. The Balaban J connectivity index is 2.01. The Labute approximate surface area is 100 Å². The second kappa shape index (κ2) is 5.57. The van der Waals surface area contributed by atoms with Crippen LogP contribution in [-0.4, -0.2) is 6.54 Å². The summed E-state index contributed by atoms with van der Waals surface area (Å²) in [5, 5.41) is 11.4. The van der Waals surface area contributed by atoms with Gasteiger partial charge in [0.25, 0.3) is 0 Å². The van der Waals surface area contributed by atoms with E-state index in [9.17, 15) is 0 Å². The first-order valence-electron chi connectivity index (χ1n) is 5.32. The number of ether oxygens (including phenoxy) is 1. The highest BCUT2D eigenvalue weighted by Crippen LogP contribution is 2.22. The number of nitrogens with one attached hydrogen (secondary N) is 1. The van der Waals surface area contributed by atoms with Gasteiger partial charge in [-0.15, -0.1) is 0 Å². The number of anilines is 1. The molecule has 0 amide bonds. The monoisotopic (exact) mass is 224 g/mol. The average Bonchev–Trinajstić information content (AvgIpc) is 2.39. The van der Waals surface area contributed by atoms with E-state index in [1.807, 2.05) is 60.7 Å². The molecule has 17 heavy (non-hydrogen) atoms. The molecule has 0 aliphatic rings. The third-order valence-corrected chi connectivity index (χ3v) is 2.20. The molecule has 0 heterocycles. The Hall–Kier alpha value is -2.47. The van der Waals surface area contributed by atoms with Gasteiger partial charge in [-0.3, -0.25) is 0 Å². The van der Waals surface area contributed by atoms with Crippen LogP contribution in [0.1, 0.15) is 0 Å². The first-order valence-corrected chi connectivity index (χ1v) is 5.32. The molecule has 2 rings (SSSR count). The molecule has 0 bridgehead atoms. The molecular weight excluding hydrogens is 212 g/mol. The molecule has 0 aliphatic heterocycles. The van der Waals surface area contributed by atoms with Crippen LogP contribution in [0.3, 0.4) is 0 Å². The molecule has 0 saturated heterocycles. The minimum Gasteiger partial charge on any atom is -0.457 e. The van der Waals surface area contributed by atoms with Crippen LogP contribution >= 0.6 is 0 Å². The van der Waals surface area contributed by atoms with Gasteiger partial charge >= 0.3 is 0 Å². The molecule has 3 nitrogen and oxygen atoms in total. The lowest BCUT2D eigenvalue weighted by Gasteiger charge is -2.06. The van der Waals surface area contributed by atoms with Crippen LogP contribution in [-0.2, 0) is 0 Å². The number of rotatable bonds is 4. The van der Waals surface area contributed by atoms with Crippen LogP contribution in [0.15, 0.2) is 54.6 Å². The van der Waals surface area contributed by atoms with E-state index in [-0.39, 0.29) is 0 Å². The fourth-order valence-electron chi connectivity index (χ4n) is 1.41. The highest BCUT2D eigenvalue weighted by molar-refractivity contribution is 5.47. The number of benzene rings is 2. The molecule has 84 valence electrons. The Morgan fingerprint density at radius 2 is 1.59 bits per heavy atom. The zero-order valence-electron chi connectivity index (χ0n) is 9.26. The number of nitrogens with zero attached hydrogens (tertiary/aromatic N) is 1. The van der Waals surface area contributed by atoms with E-state index in [0.29, 0.717) is 6.54 Å². The zero-order valence-corrected chi connectivity index (χ0v) is 9.26. The largest absolute Gasteiger partial charge is 0.457 e. The summed E-state index contributed by atoms with van der Waals surface area (Å²) in [6.07, 6.45) is 0. The number of hydrogen-bond acceptors (Lipinski definition) is 3. The maximum absolute atomic E-state index is 8.44. The first-order chi connectivity index (χ1) is 8.38. The molecule has 0 atom stereocenters. The molecule has 0 spiro atoms. The van der Waals surface area contributed by atoms with E-state index in [1.54, 1.807) is 0 Å². The third-order valence-electron chi connectivity index (χ3n) is 2.20. The van der Waals surface area contributed by atoms with Gasteiger partial charge in [0, 0.05) is 5.69 Å². The van der Waals surface area contributed by atoms with E-state index in [4.69, 9.17) is 10.00 Å². The summed E-state index contributed by atoms with van der Waals surface area (Å²) in [6.45, 7) is 0.304. The van der Waals surface area contributed by atoms with Crippen LogP contribution in [0.5, 0.6) is 11.5 Å². The number of hydrogen-bond donors (Lipinski definition) is 1. The predicted molar refractivity (Wildman–Crippen MR) is 67.1 cm³/mol. The van der Waals surface area contributed by atoms with Crippen molar-refractivity contribution in [3.63, 3.8) is 0 Å². The van der Waals surface area contributed by atoms with Gasteiger partial charge in [-0.05, 0) is 36.4 Å². The fraction of sp³-hybridized carbons (Fsp3) is 0.0714. The van der Waals surface area contributed by atoms with Gasteiger partial charge in [-0.2, -0.15) is 5.26 Å². The van der Waals surface area contributed by atoms with E-state index < -0.39 is 0 Å². The van der Waals surface area contributed by atoms with Crippen LogP contribution in [0.4, 0.5) is 5.69 Å². The highest BCUT2D eigenvalue weighted by Gasteiger charge is 1.96. The van der Waals surface area contributed by atoms with Crippen molar-refractivity contribution in [1.29, 1.82) is 5.26 Å². The molecule has 2 aromatic carbocycles. The summed E-state index contributed by atoms with van der Waals surface area (Å²) >= 11 is 0. The second-order valence-electron chi connectivity index (χ2n) is 3.45. The van der Waals surface area contributed by atoms with Crippen molar-refractivity contribution in [2.75, 3.05) is 11.9 Å². The van der Waals surface area contributed by atoms with Crippen molar-refractivity contribution in [3.8, 4) is 17.6 Å². The quantitative estimate of drug-likeness (QED) is 0.809. The molecule has 0 aromatic heterocycles. The van der Waals surface area contributed by atoms with Crippen LogP contribution in [0.2, 0.25) is 0 Å². The molecule has 0 radical (unpaired) electrons. The van der Waals surface area contributed by atoms with Crippen molar-refractivity contribution in [3.05, 3.63) is 54.6 Å². The molecule has 3 heteroatoms. The van der Waals surface area contributed by atoms with E-state index in [1.165, 1.54) is 0 Å². The van der Waals surface area contributed by atoms with E-state index in [0.717, 1.165) is 17.2 Å². The maximum atomic E-state index is 8.44. The van der Waals surface area contributed by atoms with Crippen molar-refractivity contribution < 1.29 is 4.74 Å². The lowest BCUT2D eigenvalue weighted by molar-refractivity contribution is 0.483. The van der Waals surface area contributed by atoms with Crippen molar-refractivity contribution in [2.24, 2.45) is 0 Å². The lowest BCUT2D eigenvalue weighted by atomic mass is 10.3. The predicted octanol–water partition coefficient (Wildman–Crippen LogP) is 3.41. The summed E-state index contributed by atoms with van der Waals surface area (Å²) in [7, 11) is 0. The third kappa shape index (κ3) is 3.25. The molecular formula is C14H12N2O. The van der Waals surface area contributed by atoms with Crippen molar-refractivity contribution in [1.82, 2.24) is 0 Å². The minimum atomic E-state index is 0.304. The topological polar surface area (TPSA) is 45.0 Å². The molecule has 0 fully saturated rings. The van der Waals surface area contributed by atoms with E-state index >= 15 is 0 Å². The van der Waals surface area contributed by atoms with Crippen molar-refractivity contribution >= 4 is 5.69 Å². The standard InChI is InChI=1S/C14H12N2O/c15-10-11-16-12-6-8-14(9-7-12)17-13-4-2-1-3-5-13/h1-9,16H,11H2. The summed E-state index contributed by atoms with van der Waals surface area (Å²) < 4.78 is 5.65. The summed E-state index contributed by atoms with van der Waals surface area (Å²) in [4.78, 5) is 0. The minimum absolute atomic E-state index is 0.304. The van der Waals surface area contributed by atoms with Crippen LogP contribution in [0, 0.1) is 11.3 Å². The SMILES string of the molecule is N#CCNc1ccc(Oc2ccccc2)cc1. The van der Waals surface area contributed by atoms with Gasteiger partial charge in [-0.25, -0.2) is 0 Å². The number of para-hydroxylation sites is 1. The lowest BCUT2D eigenvalue weighted by Crippen LogP contribution is -1.97. The second-order valence-corrected chi connectivity index (χ2v) is 3.45. The Morgan fingerprint density at radius 1 is 0.941 bits per heavy atom. The van der Waals surface area contributed by atoms with Gasteiger partial charge in [0.2, 0.25) is 0 Å². The number of nitriles is 1. The molecule has 0 unspecified atom stereocenters. The van der Waals surface area contributed by atoms with Crippen LogP contribution in [0.25, 0.3) is 0 Å². The van der Waals surface area contributed by atoms with Gasteiger partial charge in [0.05, 0.1) is 6.07 Å². The van der Waals surface area contributed by atoms with E-state index in [2.05, 4.69) is 5.32 Å². The normalized spacial score (nSPS) is 9.35. The molecule has 0 aliphatic carbocycles. The van der Waals surface area contributed by atoms with Gasteiger partial charge < -0.3 is 10.1 Å². The Morgan fingerprint density at radius 3 is 2.24 bits per heavy atom. The zero-order chi connectivity index (χ0) is 11.9. The van der Waals surface area contributed by atoms with Gasteiger partial charge in [0.15, 0.2) is 0 Å². The Bertz CT molecular complexity index is 500. The summed E-state index contributed by atoms with van der Waals surface area (Å²) in [6, 6.07) is 19.1. The van der Waals surface area contributed by atoms with Gasteiger partial charge in [0.1, 0.15) is 18.0 Å². The summed E-state index contributed by atoms with van der Waals surface area (Å²) in [5.74, 6) is 1.59. The first kappa shape index (κ1) is 11.0. The van der Waals surface area contributed by atoms with Crippen molar-refractivity contribution in [2.45, 2.75) is 0 Å². The molecule has 0 saturated carbocycles. The maximum Gasteiger partial charge on any atom is 0.127 e. The molecule has 1 N–H and O–H groups in total. The highest BCUT2D eigenvalue weighted by atomic mass is 16.5. The van der Waals surface area contributed by atoms with Gasteiger partial charge in [-0.1, -0.05) is 18.2 Å². The van der Waals surface area contributed by atoms with Crippen LogP contribution < -0.4 is 10.1 Å².